The van der Waals surface area contributed by atoms with Crippen LogP contribution in [0.1, 0.15) is 34.6 Å². The molecule has 35 heavy (non-hydrogen) atoms. The Morgan fingerprint density at radius 2 is 1.86 bits per heavy atom. The number of benzene rings is 2. The van der Waals surface area contributed by atoms with Crippen molar-refractivity contribution < 1.29 is 31.9 Å². The summed E-state index contributed by atoms with van der Waals surface area (Å²) in [4.78, 5) is 23.7. The summed E-state index contributed by atoms with van der Waals surface area (Å²) in [5.41, 5.74) is 0.234. The zero-order chi connectivity index (χ0) is 26.0. The summed E-state index contributed by atoms with van der Waals surface area (Å²) in [6, 6.07) is 9.04. The Morgan fingerprint density at radius 3 is 2.46 bits per heavy atom. The van der Waals surface area contributed by atoms with Gasteiger partial charge in [0.2, 0.25) is 5.91 Å². The molecular formula is C24H30FN3O6S. The van der Waals surface area contributed by atoms with E-state index in [9.17, 15) is 22.4 Å². The number of carbonyl (C=O) groups is 2. The average Bonchev–Trinajstić information content (AvgIpc) is 2.76. The van der Waals surface area contributed by atoms with Gasteiger partial charge in [0.25, 0.3) is 10.0 Å². The van der Waals surface area contributed by atoms with Crippen molar-refractivity contribution >= 4 is 33.4 Å². The van der Waals surface area contributed by atoms with Gasteiger partial charge in [0, 0.05) is 12.6 Å². The standard InChI is InChI=1S/C24H30FN3O6S/c1-15(24(3,4)5)33-23(30)27-18-8-11-22-21(12-18)28(14-19(34-22)13-26-16(2)29)35(31,32)20-9-6-17(25)7-10-20/h6-12,15,19H,13-14H2,1-5H3,(H,26,29)(H,27,30)/t15-,19-/m0/s1. The average molecular weight is 508 g/mol. The van der Waals surface area contributed by atoms with E-state index in [1.54, 1.807) is 13.0 Å². The van der Waals surface area contributed by atoms with Crippen molar-refractivity contribution in [2.75, 3.05) is 22.7 Å². The maximum atomic E-state index is 13.5. The van der Waals surface area contributed by atoms with Gasteiger partial charge in [0.15, 0.2) is 0 Å². The lowest BCUT2D eigenvalue weighted by atomic mass is 9.90. The third kappa shape index (κ3) is 6.41. The Hall–Kier alpha value is -3.34. The molecule has 0 spiro atoms. The molecule has 1 aliphatic heterocycles. The maximum Gasteiger partial charge on any atom is 0.411 e. The molecule has 0 fully saturated rings. The third-order valence-electron chi connectivity index (χ3n) is 5.62. The van der Waals surface area contributed by atoms with E-state index in [1.165, 1.54) is 31.2 Å². The largest absolute Gasteiger partial charge is 0.484 e. The van der Waals surface area contributed by atoms with E-state index in [4.69, 9.17) is 9.47 Å². The Labute approximate surface area is 204 Å². The molecule has 0 bridgehead atoms. The molecule has 0 aliphatic carbocycles. The van der Waals surface area contributed by atoms with E-state index < -0.39 is 28.0 Å². The van der Waals surface area contributed by atoms with Crippen molar-refractivity contribution in [2.24, 2.45) is 5.41 Å². The summed E-state index contributed by atoms with van der Waals surface area (Å²) >= 11 is 0. The van der Waals surface area contributed by atoms with Gasteiger partial charge in [-0.15, -0.1) is 0 Å². The maximum absolute atomic E-state index is 13.5. The van der Waals surface area contributed by atoms with E-state index in [2.05, 4.69) is 10.6 Å². The lowest BCUT2D eigenvalue weighted by Crippen LogP contribution is -2.48. The number of anilines is 2. The first-order valence-electron chi connectivity index (χ1n) is 11.1. The fourth-order valence-electron chi connectivity index (χ4n) is 3.20. The quantitative estimate of drug-likeness (QED) is 0.613. The molecule has 0 saturated heterocycles. The summed E-state index contributed by atoms with van der Waals surface area (Å²) in [6.45, 7) is 8.93. The molecular weight excluding hydrogens is 477 g/mol. The van der Waals surface area contributed by atoms with E-state index >= 15 is 0 Å². The molecule has 9 nitrogen and oxygen atoms in total. The molecule has 11 heteroatoms. The Bertz CT molecular complexity index is 1190. The molecule has 0 aromatic heterocycles. The van der Waals surface area contributed by atoms with Gasteiger partial charge in [0.05, 0.1) is 23.7 Å². The van der Waals surface area contributed by atoms with Crippen LogP contribution in [0.3, 0.4) is 0 Å². The van der Waals surface area contributed by atoms with E-state index in [0.717, 1.165) is 16.4 Å². The molecule has 3 rings (SSSR count). The van der Waals surface area contributed by atoms with Crippen molar-refractivity contribution in [3.8, 4) is 5.75 Å². The molecule has 2 aromatic carbocycles. The molecule has 2 N–H and O–H groups in total. The number of nitrogens with zero attached hydrogens (tertiary/aromatic N) is 1. The number of hydrogen-bond acceptors (Lipinski definition) is 6. The highest BCUT2D eigenvalue weighted by Gasteiger charge is 2.35. The highest BCUT2D eigenvalue weighted by Crippen LogP contribution is 2.39. The van der Waals surface area contributed by atoms with E-state index in [1.807, 2.05) is 20.8 Å². The zero-order valence-corrected chi connectivity index (χ0v) is 21.1. The summed E-state index contributed by atoms with van der Waals surface area (Å²) in [7, 11) is -4.12. The predicted octanol–water partition coefficient (Wildman–Crippen LogP) is 3.90. The number of carbonyl (C=O) groups excluding carboxylic acids is 2. The second-order valence-corrected chi connectivity index (χ2v) is 11.3. The first-order valence-corrected chi connectivity index (χ1v) is 12.5. The van der Waals surface area contributed by atoms with Crippen LogP contribution in [-0.2, 0) is 19.6 Å². The van der Waals surface area contributed by atoms with Gasteiger partial charge < -0.3 is 14.8 Å². The molecule has 1 heterocycles. The molecule has 0 unspecified atom stereocenters. The minimum atomic E-state index is -4.12. The van der Waals surface area contributed by atoms with Crippen molar-refractivity contribution in [1.29, 1.82) is 0 Å². The fourth-order valence-corrected chi connectivity index (χ4v) is 4.70. The number of sulfonamides is 1. The van der Waals surface area contributed by atoms with Crippen LogP contribution >= 0.6 is 0 Å². The van der Waals surface area contributed by atoms with Gasteiger partial charge in [-0.2, -0.15) is 0 Å². The van der Waals surface area contributed by atoms with Crippen molar-refractivity contribution in [3.63, 3.8) is 0 Å². The highest BCUT2D eigenvalue weighted by molar-refractivity contribution is 7.92. The molecule has 2 aromatic rings. The Kier molecular flexibility index (Phi) is 7.59. The second kappa shape index (κ2) is 10.1. The van der Waals surface area contributed by atoms with Gasteiger partial charge in [-0.1, -0.05) is 20.8 Å². The minimum absolute atomic E-state index is 0.0846. The lowest BCUT2D eigenvalue weighted by Gasteiger charge is -2.35. The van der Waals surface area contributed by atoms with Crippen molar-refractivity contribution in [2.45, 2.75) is 51.7 Å². The second-order valence-electron chi connectivity index (χ2n) is 9.39. The number of nitrogens with one attached hydrogen (secondary N) is 2. The summed E-state index contributed by atoms with van der Waals surface area (Å²) in [5, 5.41) is 5.25. The molecule has 2 amide bonds. The zero-order valence-electron chi connectivity index (χ0n) is 20.3. The fraction of sp³-hybridized carbons (Fsp3) is 0.417. The number of rotatable bonds is 6. The summed E-state index contributed by atoms with van der Waals surface area (Å²) in [6.07, 6.45) is -1.72. The predicted molar refractivity (Wildman–Crippen MR) is 129 cm³/mol. The van der Waals surface area contributed by atoms with Crippen LogP contribution in [0.25, 0.3) is 0 Å². The van der Waals surface area contributed by atoms with Crippen LogP contribution in [-0.4, -0.2) is 45.7 Å². The van der Waals surface area contributed by atoms with Gasteiger partial charge in [0.1, 0.15) is 23.8 Å². The summed E-state index contributed by atoms with van der Waals surface area (Å²) < 4.78 is 52.8. The van der Waals surface area contributed by atoms with Gasteiger partial charge in [-0.25, -0.2) is 17.6 Å². The van der Waals surface area contributed by atoms with Crippen LogP contribution < -0.4 is 19.7 Å². The minimum Gasteiger partial charge on any atom is -0.484 e. The van der Waals surface area contributed by atoms with Gasteiger partial charge in [-0.3, -0.25) is 14.4 Å². The van der Waals surface area contributed by atoms with Crippen molar-refractivity contribution in [1.82, 2.24) is 5.32 Å². The van der Waals surface area contributed by atoms with E-state index in [-0.39, 0.29) is 46.8 Å². The first kappa shape index (κ1) is 26.3. The number of fused-ring (bicyclic) bond motifs is 1. The molecule has 0 radical (unpaired) electrons. The first-order chi connectivity index (χ1) is 16.3. The number of ether oxygens (including phenoxy) is 2. The van der Waals surface area contributed by atoms with Gasteiger partial charge in [-0.05, 0) is 54.8 Å². The normalized spacial score (nSPS) is 16.5. The highest BCUT2D eigenvalue weighted by atomic mass is 32.2. The lowest BCUT2D eigenvalue weighted by molar-refractivity contribution is -0.119. The van der Waals surface area contributed by atoms with Crippen LogP contribution in [0.4, 0.5) is 20.6 Å². The monoisotopic (exact) mass is 507 g/mol. The number of halogens is 1. The van der Waals surface area contributed by atoms with Crippen LogP contribution in [0.5, 0.6) is 5.75 Å². The molecule has 1 aliphatic rings. The smallest absolute Gasteiger partial charge is 0.411 e. The molecule has 2 atom stereocenters. The number of amides is 2. The SMILES string of the molecule is CC(=O)NC[C@H]1CN(S(=O)(=O)c2ccc(F)cc2)c2cc(NC(=O)O[C@@H](C)C(C)(C)C)ccc2O1. The van der Waals surface area contributed by atoms with Crippen LogP contribution in [0.15, 0.2) is 47.4 Å². The molecule has 190 valence electrons. The Balaban J connectivity index is 1.93. The Morgan fingerprint density at radius 1 is 1.20 bits per heavy atom. The molecule has 0 saturated carbocycles. The van der Waals surface area contributed by atoms with E-state index in [0.29, 0.717) is 5.69 Å². The van der Waals surface area contributed by atoms with Crippen LogP contribution in [0, 0.1) is 11.2 Å². The van der Waals surface area contributed by atoms with Crippen molar-refractivity contribution in [3.05, 3.63) is 48.3 Å². The summed E-state index contributed by atoms with van der Waals surface area (Å²) in [5.74, 6) is -0.599. The van der Waals surface area contributed by atoms with Gasteiger partial charge >= 0.3 is 6.09 Å². The topological polar surface area (TPSA) is 114 Å². The third-order valence-corrected chi connectivity index (χ3v) is 7.41. The van der Waals surface area contributed by atoms with Crippen LogP contribution in [0.2, 0.25) is 0 Å². The number of hydrogen-bond donors (Lipinski definition) is 2.